The predicted molar refractivity (Wildman–Crippen MR) is 65.7 cm³/mol. The molecular formula is C12H21N3O2. The molecule has 1 heterocycles. The number of aryl methyl sites for hydroxylation is 2. The van der Waals surface area contributed by atoms with E-state index in [1.807, 2.05) is 27.8 Å². The molecule has 5 nitrogen and oxygen atoms in total. The molecule has 1 amide bonds. The lowest BCUT2D eigenvalue weighted by atomic mass is 10.1. The lowest BCUT2D eigenvalue weighted by Crippen LogP contribution is -2.32. The lowest BCUT2D eigenvalue weighted by Gasteiger charge is -2.09. The van der Waals surface area contributed by atoms with E-state index < -0.39 is 6.10 Å². The van der Waals surface area contributed by atoms with Crippen LogP contribution in [-0.4, -0.2) is 33.4 Å². The molecular weight excluding hydrogens is 218 g/mol. The number of nitrogens with zero attached hydrogens (tertiary/aromatic N) is 2. The molecule has 0 aromatic carbocycles. The topological polar surface area (TPSA) is 67.2 Å². The van der Waals surface area contributed by atoms with Crippen LogP contribution in [0.5, 0.6) is 0 Å². The number of carbonyl (C=O) groups excluding carboxylic acids is 1. The van der Waals surface area contributed by atoms with E-state index in [1.165, 1.54) is 0 Å². The molecule has 0 aliphatic carbocycles. The van der Waals surface area contributed by atoms with Crippen LogP contribution in [0.25, 0.3) is 0 Å². The van der Waals surface area contributed by atoms with Gasteiger partial charge in [-0.15, -0.1) is 0 Å². The first kappa shape index (κ1) is 13.7. The molecule has 0 aliphatic rings. The van der Waals surface area contributed by atoms with Crippen LogP contribution in [0.1, 0.15) is 30.3 Å². The minimum atomic E-state index is -0.463. The van der Waals surface area contributed by atoms with Gasteiger partial charge in [-0.05, 0) is 20.3 Å². The molecule has 0 aliphatic heterocycles. The molecule has 1 rings (SSSR count). The molecule has 1 aromatic rings. The van der Waals surface area contributed by atoms with Crippen LogP contribution in [0.15, 0.2) is 0 Å². The second-order valence-corrected chi connectivity index (χ2v) is 4.32. The molecule has 5 heteroatoms. The van der Waals surface area contributed by atoms with E-state index in [0.29, 0.717) is 19.4 Å². The smallest absolute Gasteiger partial charge is 0.224 e. The highest BCUT2D eigenvalue weighted by Gasteiger charge is 2.13. The number of hydrogen-bond donors (Lipinski definition) is 2. The average Bonchev–Trinajstić information content (AvgIpc) is 2.53. The van der Waals surface area contributed by atoms with Crippen LogP contribution in [0, 0.1) is 13.8 Å². The Labute approximate surface area is 102 Å². The standard InChI is InChI=1S/C12H21N3O2/c1-5-10(16)7-13-12(17)6-11-8(2)14-15(4)9(11)3/h10,16H,5-7H2,1-4H3,(H,13,17). The summed E-state index contributed by atoms with van der Waals surface area (Å²) in [6, 6.07) is 0. The van der Waals surface area contributed by atoms with Gasteiger partial charge < -0.3 is 10.4 Å². The predicted octanol–water partition coefficient (Wildman–Crippen LogP) is 0.467. The third-order valence-corrected chi connectivity index (χ3v) is 3.00. The fourth-order valence-corrected chi connectivity index (χ4v) is 1.67. The third kappa shape index (κ3) is 3.56. The Morgan fingerprint density at radius 2 is 2.18 bits per heavy atom. The SMILES string of the molecule is CCC(O)CNC(=O)Cc1c(C)nn(C)c1C. The van der Waals surface area contributed by atoms with Gasteiger partial charge in [-0.1, -0.05) is 6.92 Å². The molecule has 17 heavy (non-hydrogen) atoms. The van der Waals surface area contributed by atoms with E-state index in [2.05, 4.69) is 10.4 Å². The number of carbonyl (C=O) groups is 1. The van der Waals surface area contributed by atoms with Crippen molar-refractivity contribution in [1.82, 2.24) is 15.1 Å². The average molecular weight is 239 g/mol. The Morgan fingerprint density at radius 1 is 1.53 bits per heavy atom. The van der Waals surface area contributed by atoms with Gasteiger partial charge in [0.1, 0.15) is 0 Å². The number of aliphatic hydroxyl groups is 1. The zero-order valence-electron chi connectivity index (χ0n) is 10.9. The number of nitrogens with one attached hydrogen (secondary N) is 1. The molecule has 0 radical (unpaired) electrons. The number of aromatic nitrogens is 2. The lowest BCUT2D eigenvalue weighted by molar-refractivity contribution is -0.120. The van der Waals surface area contributed by atoms with Crippen molar-refractivity contribution in [3.05, 3.63) is 17.0 Å². The maximum absolute atomic E-state index is 11.7. The van der Waals surface area contributed by atoms with Gasteiger partial charge in [0.05, 0.1) is 18.2 Å². The maximum atomic E-state index is 11.7. The van der Waals surface area contributed by atoms with Gasteiger partial charge in [0.2, 0.25) is 5.91 Å². The van der Waals surface area contributed by atoms with Crippen molar-refractivity contribution in [1.29, 1.82) is 0 Å². The minimum Gasteiger partial charge on any atom is -0.391 e. The van der Waals surface area contributed by atoms with Gasteiger partial charge in [-0.2, -0.15) is 5.10 Å². The summed E-state index contributed by atoms with van der Waals surface area (Å²) in [6.45, 7) is 6.04. The van der Waals surface area contributed by atoms with E-state index in [4.69, 9.17) is 0 Å². The fraction of sp³-hybridized carbons (Fsp3) is 0.667. The highest BCUT2D eigenvalue weighted by Crippen LogP contribution is 2.12. The summed E-state index contributed by atoms with van der Waals surface area (Å²) in [5, 5.41) is 16.3. The first-order chi connectivity index (χ1) is 7.95. The minimum absolute atomic E-state index is 0.0725. The molecule has 0 fully saturated rings. The highest BCUT2D eigenvalue weighted by atomic mass is 16.3. The number of rotatable bonds is 5. The van der Waals surface area contributed by atoms with Gasteiger partial charge in [-0.3, -0.25) is 9.48 Å². The van der Waals surface area contributed by atoms with Crippen LogP contribution in [-0.2, 0) is 18.3 Å². The summed E-state index contributed by atoms with van der Waals surface area (Å²) in [7, 11) is 1.87. The van der Waals surface area contributed by atoms with Crippen molar-refractivity contribution in [3.8, 4) is 0 Å². The molecule has 96 valence electrons. The summed E-state index contributed by atoms with van der Waals surface area (Å²) < 4.78 is 1.78. The molecule has 0 spiro atoms. The van der Waals surface area contributed by atoms with Gasteiger partial charge in [0, 0.05) is 24.8 Å². The summed E-state index contributed by atoms with van der Waals surface area (Å²) >= 11 is 0. The van der Waals surface area contributed by atoms with Crippen molar-refractivity contribution >= 4 is 5.91 Å². The second-order valence-electron chi connectivity index (χ2n) is 4.32. The van der Waals surface area contributed by atoms with E-state index in [9.17, 15) is 9.90 Å². The second kappa shape index (κ2) is 5.82. The molecule has 2 N–H and O–H groups in total. The van der Waals surface area contributed by atoms with Crippen molar-refractivity contribution in [2.45, 2.75) is 39.7 Å². The first-order valence-electron chi connectivity index (χ1n) is 5.89. The largest absolute Gasteiger partial charge is 0.391 e. The molecule has 1 aromatic heterocycles. The van der Waals surface area contributed by atoms with Crippen molar-refractivity contribution in [2.24, 2.45) is 7.05 Å². The van der Waals surface area contributed by atoms with E-state index >= 15 is 0 Å². The van der Waals surface area contributed by atoms with Crippen LogP contribution in [0.3, 0.4) is 0 Å². The highest BCUT2D eigenvalue weighted by molar-refractivity contribution is 5.79. The number of aliphatic hydroxyl groups excluding tert-OH is 1. The Balaban J connectivity index is 2.56. The van der Waals surface area contributed by atoms with E-state index in [-0.39, 0.29) is 5.91 Å². The molecule has 1 atom stereocenters. The number of hydrogen-bond acceptors (Lipinski definition) is 3. The monoisotopic (exact) mass is 239 g/mol. The van der Waals surface area contributed by atoms with Crippen molar-refractivity contribution in [2.75, 3.05) is 6.54 Å². The van der Waals surface area contributed by atoms with E-state index in [0.717, 1.165) is 17.0 Å². The Hall–Kier alpha value is -1.36. The summed E-state index contributed by atoms with van der Waals surface area (Å²) in [5.74, 6) is -0.0725. The van der Waals surface area contributed by atoms with Gasteiger partial charge >= 0.3 is 0 Å². The Morgan fingerprint density at radius 3 is 2.65 bits per heavy atom. The van der Waals surface area contributed by atoms with Gasteiger partial charge in [0.25, 0.3) is 0 Å². The van der Waals surface area contributed by atoms with Crippen LogP contribution in [0.4, 0.5) is 0 Å². The zero-order chi connectivity index (χ0) is 13.0. The fourth-order valence-electron chi connectivity index (χ4n) is 1.67. The first-order valence-corrected chi connectivity index (χ1v) is 5.89. The quantitative estimate of drug-likeness (QED) is 0.784. The van der Waals surface area contributed by atoms with Crippen LogP contribution in [0.2, 0.25) is 0 Å². The van der Waals surface area contributed by atoms with Crippen LogP contribution < -0.4 is 5.32 Å². The number of amides is 1. The van der Waals surface area contributed by atoms with Gasteiger partial charge in [0.15, 0.2) is 0 Å². The molecule has 1 unspecified atom stereocenters. The van der Waals surface area contributed by atoms with E-state index in [1.54, 1.807) is 4.68 Å². The maximum Gasteiger partial charge on any atom is 0.224 e. The molecule has 0 bridgehead atoms. The summed E-state index contributed by atoms with van der Waals surface area (Å²) in [4.78, 5) is 11.7. The zero-order valence-corrected chi connectivity index (χ0v) is 10.9. The van der Waals surface area contributed by atoms with Crippen molar-refractivity contribution in [3.63, 3.8) is 0 Å². The third-order valence-electron chi connectivity index (χ3n) is 3.00. The Kier molecular flexibility index (Phi) is 4.69. The molecule has 0 saturated carbocycles. The molecule has 0 saturated heterocycles. The van der Waals surface area contributed by atoms with Gasteiger partial charge in [-0.25, -0.2) is 0 Å². The van der Waals surface area contributed by atoms with Crippen molar-refractivity contribution < 1.29 is 9.90 Å². The Bertz CT molecular complexity index is 399. The summed E-state index contributed by atoms with van der Waals surface area (Å²) in [6.07, 6.45) is 0.503. The van der Waals surface area contributed by atoms with Crippen LogP contribution >= 0.6 is 0 Å². The summed E-state index contributed by atoms with van der Waals surface area (Å²) in [5.41, 5.74) is 2.86. The normalized spacial score (nSPS) is 12.5.